The number of nitrogens with zero attached hydrogens (tertiary/aromatic N) is 3. The van der Waals surface area contributed by atoms with Crippen molar-refractivity contribution in [1.82, 2.24) is 14.5 Å². The topological polar surface area (TPSA) is 47.1 Å². The molecule has 2 N–H and O–H groups in total. The fraction of sp³-hybridized carbons (Fsp3) is 0.533. The summed E-state index contributed by atoms with van der Waals surface area (Å²) in [5.74, 6) is 0.575. The van der Waals surface area contributed by atoms with Gasteiger partial charge in [0.25, 0.3) is 0 Å². The van der Waals surface area contributed by atoms with Gasteiger partial charge in [-0.05, 0) is 51.1 Å². The Morgan fingerprint density at radius 3 is 2.80 bits per heavy atom. The van der Waals surface area contributed by atoms with Crippen molar-refractivity contribution in [2.45, 2.75) is 38.8 Å². The lowest BCUT2D eigenvalue weighted by Crippen LogP contribution is -2.39. The van der Waals surface area contributed by atoms with Gasteiger partial charge in [-0.15, -0.1) is 0 Å². The molecule has 20 heavy (non-hydrogen) atoms. The highest BCUT2D eigenvalue weighted by Crippen LogP contribution is 2.23. The molecule has 2 aromatic rings. The first-order valence-electron chi connectivity index (χ1n) is 7.30. The third-order valence-corrected chi connectivity index (χ3v) is 4.44. The van der Waals surface area contributed by atoms with E-state index in [-0.39, 0.29) is 0 Å². The van der Waals surface area contributed by atoms with Crippen molar-refractivity contribution in [1.29, 1.82) is 0 Å². The molecule has 0 amide bonds. The molecular formula is C15H21ClN4. The molecule has 1 aliphatic heterocycles. The summed E-state index contributed by atoms with van der Waals surface area (Å²) in [6.07, 6.45) is 3.97. The van der Waals surface area contributed by atoms with Crippen LogP contribution in [0.25, 0.3) is 11.0 Å². The predicted molar refractivity (Wildman–Crippen MR) is 84.0 cm³/mol. The van der Waals surface area contributed by atoms with Crippen molar-refractivity contribution in [3.05, 3.63) is 23.2 Å². The van der Waals surface area contributed by atoms with E-state index in [2.05, 4.69) is 21.4 Å². The number of rotatable bonds is 3. The highest BCUT2D eigenvalue weighted by molar-refractivity contribution is 6.31. The lowest BCUT2D eigenvalue weighted by atomic mass is 10.1. The molecule has 1 aromatic carbocycles. The minimum Gasteiger partial charge on any atom is -0.369 e. The van der Waals surface area contributed by atoms with Gasteiger partial charge in [-0.25, -0.2) is 4.98 Å². The van der Waals surface area contributed by atoms with Crippen LogP contribution in [0.5, 0.6) is 0 Å². The Labute approximate surface area is 124 Å². The number of halogens is 1. The maximum absolute atomic E-state index is 6.07. The third kappa shape index (κ3) is 2.63. The van der Waals surface area contributed by atoms with Crippen molar-refractivity contribution in [2.75, 3.05) is 18.8 Å². The Morgan fingerprint density at radius 2 is 2.05 bits per heavy atom. The quantitative estimate of drug-likeness (QED) is 0.945. The first kappa shape index (κ1) is 13.7. The molecule has 0 spiro atoms. The van der Waals surface area contributed by atoms with Crippen LogP contribution in [0.1, 0.15) is 26.2 Å². The van der Waals surface area contributed by atoms with E-state index in [0.717, 1.165) is 17.6 Å². The van der Waals surface area contributed by atoms with Crippen LogP contribution >= 0.6 is 11.6 Å². The van der Waals surface area contributed by atoms with Crippen molar-refractivity contribution in [3.63, 3.8) is 0 Å². The second-order valence-electron chi connectivity index (χ2n) is 5.66. The summed E-state index contributed by atoms with van der Waals surface area (Å²) in [4.78, 5) is 6.96. The molecule has 1 aliphatic rings. The summed E-state index contributed by atoms with van der Waals surface area (Å²) in [7, 11) is 0. The van der Waals surface area contributed by atoms with Crippen molar-refractivity contribution >= 4 is 28.6 Å². The fourth-order valence-electron chi connectivity index (χ4n) is 3.05. The first-order chi connectivity index (χ1) is 9.65. The van der Waals surface area contributed by atoms with Gasteiger partial charge in [0, 0.05) is 17.6 Å². The Bertz CT molecular complexity index is 601. The normalized spacial score (nSPS) is 18.5. The average Bonchev–Trinajstić information content (AvgIpc) is 2.75. The molecule has 1 aromatic heterocycles. The van der Waals surface area contributed by atoms with Crippen LogP contribution in [0.2, 0.25) is 5.02 Å². The van der Waals surface area contributed by atoms with Gasteiger partial charge in [0.05, 0.1) is 11.0 Å². The number of fused-ring (bicyclic) bond motifs is 1. The van der Waals surface area contributed by atoms with E-state index >= 15 is 0 Å². The van der Waals surface area contributed by atoms with Gasteiger partial charge in [-0.1, -0.05) is 18.0 Å². The standard InChI is InChI=1S/C15H21ClN4/c1-11(19-7-3-2-4-8-19)10-20-14-6-5-12(16)9-13(14)18-15(20)17/h5-6,9,11H,2-4,7-8,10H2,1H3,(H2,17,18). The SMILES string of the molecule is CC(Cn1c(N)nc2cc(Cl)ccc21)N1CCCCC1. The van der Waals surface area contributed by atoms with E-state index in [1.807, 2.05) is 18.2 Å². The number of likely N-dealkylation sites (tertiary alicyclic amines) is 1. The van der Waals surface area contributed by atoms with Gasteiger partial charge < -0.3 is 10.3 Å². The van der Waals surface area contributed by atoms with Gasteiger partial charge in [-0.2, -0.15) is 0 Å². The van der Waals surface area contributed by atoms with Crippen LogP contribution in [0.3, 0.4) is 0 Å². The van der Waals surface area contributed by atoms with Crippen LogP contribution in [-0.2, 0) is 6.54 Å². The number of piperidine rings is 1. The van der Waals surface area contributed by atoms with Crippen LogP contribution in [0.4, 0.5) is 5.95 Å². The molecule has 108 valence electrons. The van der Waals surface area contributed by atoms with Crippen LogP contribution in [-0.4, -0.2) is 33.6 Å². The molecule has 1 unspecified atom stereocenters. The lowest BCUT2D eigenvalue weighted by molar-refractivity contribution is 0.161. The lowest BCUT2D eigenvalue weighted by Gasteiger charge is -2.32. The summed E-state index contributed by atoms with van der Waals surface area (Å²) in [5.41, 5.74) is 8.01. The zero-order valence-corrected chi connectivity index (χ0v) is 12.6. The third-order valence-electron chi connectivity index (χ3n) is 4.20. The van der Waals surface area contributed by atoms with Gasteiger partial charge in [-0.3, -0.25) is 4.90 Å². The maximum atomic E-state index is 6.07. The second-order valence-corrected chi connectivity index (χ2v) is 6.10. The Kier molecular flexibility index (Phi) is 3.85. The van der Waals surface area contributed by atoms with Crippen molar-refractivity contribution < 1.29 is 0 Å². The average molecular weight is 293 g/mol. The number of imidazole rings is 1. The van der Waals surface area contributed by atoms with Gasteiger partial charge in [0.15, 0.2) is 0 Å². The number of aromatic nitrogens is 2. The molecule has 1 fully saturated rings. The minimum absolute atomic E-state index is 0.477. The summed E-state index contributed by atoms with van der Waals surface area (Å²) < 4.78 is 2.10. The number of nitrogen functional groups attached to an aromatic ring is 1. The first-order valence-corrected chi connectivity index (χ1v) is 7.68. The van der Waals surface area contributed by atoms with Crippen LogP contribution in [0, 0.1) is 0 Å². The molecule has 0 aliphatic carbocycles. The smallest absolute Gasteiger partial charge is 0.201 e. The number of hydrogen-bond acceptors (Lipinski definition) is 3. The van der Waals surface area contributed by atoms with Gasteiger partial charge in [0.1, 0.15) is 0 Å². The molecular weight excluding hydrogens is 272 g/mol. The van der Waals surface area contributed by atoms with Crippen molar-refractivity contribution in [3.8, 4) is 0 Å². The summed E-state index contributed by atoms with van der Waals surface area (Å²) in [6.45, 7) is 5.54. The fourth-order valence-corrected chi connectivity index (χ4v) is 3.22. The Balaban J connectivity index is 1.84. The van der Waals surface area contributed by atoms with E-state index in [9.17, 15) is 0 Å². The second kappa shape index (κ2) is 5.62. The number of benzene rings is 1. The molecule has 2 heterocycles. The summed E-state index contributed by atoms with van der Waals surface area (Å²) >= 11 is 6.01. The molecule has 3 rings (SSSR count). The van der Waals surface area contributed by atoms with Gasteiger partial charge in [0.2, 0.25) is 5.95 Å². The zero-order valence-electron chi connectivity index (χ0n) is 11.8. The molecule has 0 bridgehead atoms. The Hall–Kier alpha value is -1.26. The molecule has 0 saturated carbocycles. The predicted octanol–water partition coefficient (Wildman–Crippen LogP) is 3.15. The van der Waals surface area contributed by atoms with E-state index in [1.54, 1.807) is 0 Å². The van der Waals surface area contributed by atoms with Crippen LogP contribution in [0.15, 0.2) is 18.2 Å². The summed E-state index contributed by atoms with van der Waals surface area (Å²) in [6, 6.07) is 6.25. The van der Waals surface area contributed by atoms with E-state index < -0.39 is 0 Å². The monoisotopic (exact) mass is 292 g/mol. The number of anilines is 1. The highest BCUT2D eigenvalue weighted by atomic mass is 35.5. The molecule has 1 atom stereocenters. The van der Waals surface area contributed by atoms with E-state index in [4.69, 9.17) is 17.3 Å². The maximum Gasteiger partial charge on any atom is 0.201 e. The summed E-state index contributed by atoms with van der Waals surface area (Å²) in [5, 5.41) is 0.700. The molecule has 0 radical (unpaired) electrons. The van der Waals surface area contributed by atoms with Crippen LogP contribution < -0.4 is 5.73 Å². The van der Waals surface area contributed by atoms with Gasteiger partial charge >= 0.3 is 0 Å². The van der Waals surface area contributed by atoms with E-state index in [0.29, 0.717) is 17.0 Å². The molecule has 1 saturated heterocycles. The highest BCUT2D eigenvalue weighted by Gasteiger charge is 2.19. The number of hydrogen-bond donors (Lipinski definition) is 1. The van der Waals surface area contributed by atoms with Crippen molar-refractivity contribution in [2.24, 2.45) is 0 Å². The number of nitrogens with two attached hydrogens (primary N) is 1. The largest absolute Gasteiger partial charge is 0.369 e. The zero-order chi connectivity index (χ0) is 14.1. The van der Waals surface area contributed by atoms with E-state index in [1.165, 1.54) is 32.4 Å². The Morgan fingerprint density at radius 1 is 1.30 bits per heavy atom. The minimum atomic E-state index is 0.477. The molecule has 5 heteroatoms. The molecule has 4 nitrogen and oxygen atoms in total.